The predicted octanol–water partition coefficient (Wildman–Crippen LogP) is 3.89. The first-order valence-electron chi connectivity index (χ1n) is 14.7. The number of likely N-dealkylation sites (tertiary alicyclic amines) is 1. The molecule has 1 N–H and O–H groups in total. The number of benzene rings is 1. The molecule has 224 valence electrons. The number of hydrogen-bond donors (Lipinski definition) is 1. The molecule has 0 spiro atoms. The van der Waals surface area contributed by atoms with Crippen LogP contribution in [0.5, 0.6) is 0 Å². The van der Waals surface area contributed by atoms with Crippen molar-refractivity contribution in [1.82, 2.24) is 25.1 Å². The van der Waals surface area contributed by atoms with E-state index >= 15 is 0 Å². The number of aromatic nitrogens is 2. The van der Waals surface area contributed by atoms with Crippen LogP contribution >= 0.6 is 0 Å². The van der Waals surface area contributed by atoms with Crippen molar-refractivity contribution in [3.8, 4) is 6.07 Å². The summed E-state index contributed by atoms with van der Waals surface area (Å²) in [5.41, 5.74) is 1.07. The summed E-state index contributed by atoms with van der Waals surface area (Å²) in [5.74, 6) is 0.183. The Bertz CT molecular complexity index is 1590. The molecule has 1 saturated carbocycles. The number of carbonyl (C=O) groups is 3. The minimum Gasteiger partial charge on any atom is -0.444 e. The van der Waals surface area contributed by atoms with E-state index in [-0.39, 0.29) is 35.7 Å². The number of pyridine rings is 2. The molecule has 1 aliphatic carbocycles. The van der Waals surface area contributed by atoms with Crippen molar-refractivity contribution in [1.29, 1.82) is 5.26 Å². The number of nitrogens with zero attached hydrogens (tertiary/aromatic N) is 5. The summed E-state index contributed by atoms with van der Waals surface area (Å²) < 4.78 is 5.59. The Balaban J connectivity index is 1.34. The quantitative estimate of drug-likeness (QED) is 0.324. The monoisotopic (exact) mass is 590 g/mol. The number of ketones is 1. The molecule has 2 aliphatic heterocycles. The number of hydrogen-bond acceptors (Lipinski definition) is 8. The van der Waals surface area contributed by atoms with Gasteiger partial charge in [0.05, 0.1) is 11.6 Å². The number of allylic oxidation sites excluding steroid dienone is 1. The van der Waals surface area contributed by atoms with Crippen LogP contribution in [0.3, 0.4) is 0 Å². The fraction of sp³-hybridized carbons (Fsp3) is 0.353. The van der Waals surface area contributed by atoms with Crippen molar-refractivity contribution in [2.45, 2.75) is 50.8 Å². The number of nitrogens with one attached hydrogen (secondary N) is 1. The highest BCUT2D eigenvalue weighted by Gasteiger charge is 2.65. The van der Waals surface area contributed by atoms with Gasteiger partial charge in [-0.05, 0) is 80.4 Å². The van der Waals surface area contributed by atoms with Gasteiger partial charge in [0.25, 0.3) is 5.91 Å². The number of nitriles is 1. The maximum Gasteiger partial charge on any atom is 0.410 e. The molecule has 10 nitrogen and oxygen atoms in total. The lowest BCUT2D eigenvalue weighted by Crippen LogP contribution is -2.51. The molecular formula is C34H34N6O4. The molecule has 2 amide bonds. The maximum atomic E-state index is 14.7. The molecule has 0 unspecified atom stereocenters. The van der Waals surface area contributed by atoms with Gasteiger partial charge in [0.15, 0.2) is 5.78 Å². The van der Waals surface area contributed by atoms with Crippen molar-refractivity contribution < 1.29 is 19.1 Å². The highest BCUT2D eigenvalue weighted by atomic mass is 16.6. The number of fused-ring (bicyclic) bond motifs is 1. The first kappa shape index (κ1) is 29.1. The first-order valence-corrected chi connectivity index (χ1v) is 14.7. The summed E-state index contributed by atoms with van der Waals surface area (Å²) in [6.07, 6.45) is 8.69. The van der Waals surface area contributed by atoms with Gasteiger partial charge in [0.1, 0.15) is 17.0 Å². The van der Waals surface area contributed by atoms with Gasteiger partial charge in [-0.3, -0.25) is 24.5 Å². The summed E-state index contributed by atoms with van der Waals surface area (Å²) in [5, 5.41) is 12.7. The topological polar surface area (TPSA) is 129 Å². The van der Waals surface area contributed by atoms with Crippen molar-refractivity contribution in [2.75, 3.05) is 13.1 Å². The van der Waals surface area contributed by atoms with Gasteiger partial charge < -0.3 is 15.0 Å². The summed E-state index contributed by atoms with van der Waals surface area (Å²) in [6, 6.07) is 15.9. The van der Waals surface area contributed by atoms with E-state index in [9.17, 15) is 19.6 Å². The van der Waals surface area contributed by atoms with Crippen molar-refractivity contribution in [3.05, 3.63) is 107 Å². The van der Waals surface area contributed by atoms with Crippen LogP contribution in [0.25, 0.3) is 0 Å². The molecule has 6 rings (SSSR count). The van der Waals surface area contributed by atoms with E-state index in [0.29, 0.717) is 42.9 Å². The largest absolute Gasteiger partial charge is 0.444 e. The highest BCUT2D eigenvalue weighted by molar-refractivity contribution is 6.06. The third kappa shape index (κ3) is 5.78. The number of rotatable bonds is 7. The van der Waals surface area contributed by atoms with Crippen LogP contribution in [0.4, 0.5) is 4.79 Å². The van der Waals surface area contributed by atoms with E-state index in [1.54, 1.807) is 58.9 Å². The van der Waals surface area contributed by atoms with Crippen LogP contribution in [0.2, 0.25) is 0 Å². The van der Waals surface area contributed by atoms with E-state index in [1.807, 2.05) is 45.0 Å². The van der Waals surface area contributed by atoms with E-state index in [1.165, 1.54) is 6.08 Å². The molecule has 3 atom stereocenters. The number of piperidine rings is 1. The third-order valence-corrected chi connectivity index (χ3v) is 8.43. The van der Waals surface area contributed by atoms with Crippen LogP contribution in [-0.2, 0) is 22.4 Å². The average molecular weight is 591 g/mol. The third-order valence-electron chi connectivity index (χ3n) is 8.43. The summed E-state index contributed by atoms with van der Waals surface area (Å²) >= 11 is 0. The van der Waals surface area contributed by atoms with Gasteiger partial charge in [-0.25, -0.2) is 4.79 Å². The van der Waals surface area contributed by atoms with E-state index in [2.05, 4.69) is 21.4 Å². The molecule has 10 heteroatoms. The second-order valence-electron chi connectivity index (χ2n) is 12.7. The second-order valence-corrected chi connectivity index (χ2v) is 12.7. The van der Waals surface area contributed by atoms with Crippen LogP contribution in [0, 0.1) is 23.2 Å². The Morgan fingerprint density at radius 1 is 0.977 bits per heavy atom. The molecule has 3 fully saturated rings. The van der Waals surface area contributed by atoms with E-state index < -0.39 is 11.1 Å². The van der Waals surface area contributed by atoms with Crippen molar-refractivity contribution in [3.63, 3.8) is 0 Å². The molecule has 1 aromatic carbocycles. The molecule has 4 heterocycles. The van der Waals surface area contributed by atoms with Gasteiger partial charge in [-0.2, -0.15) is 5.26 Å². The molecule has 44 heavy (non-hydrogen) atoms. The fourth-order valence-corrected chi connectivity index (χ4v) is 6.37. The van der Waals surface area contributed by atoms with Crippen LogP contribution < -0.4 is 5.32 Å². The highest BCUT2D eigenvalue weighted by Crippen LogP contribution is 2.52. The van der Waals surface area contributed by atoms with Crippen molar-refractivity contribution >= 4 is 17.8 Å². The first-order chi connectivity index (χ1) is 21.1. The molecule has 3 aliphatic rings. The fourth-order valence-electron chi connectivity index (χ4n) is 6.37. The zero-order valence-corrected chi connectivity index (χ0v) is 24.9. The number of ether oxygens (including phenoxy) is 1. The molecule has 2 aromatic heterocycles. The Morgan fingerprint density at radius 3 is 2.02 bits per heavy atom. The molecule has 0 bridgehead atoms. The van der Waals surface area contributed by atoms with Gasteiger partial charge in [-0.1, -0.05) is 0 Å². The Morgan fingerprint density at radius 2 is 1.52 bits per heavy atom. The van der Waals surface area contributed by atoms with Gasteiger partial charge in [0.2, 0.25) is 0 Å². The minimum absolute atomic E-state index is 0.0688. The second kappa shape index (κ2) is 11.2. The zero-order chi connectivity index (χ0) is 31.1. The Hall–Kier alpha value is -5.04. The lowest BCUT2D eigenvalue weighted by atomic mass is 9.85. The number of amides is 2. The van der Waals surface area contributed by atoms with E-state index in [0.717, 1.165) is 11.1 Å². The van der Waals surface area contributed by atoms with Gasteiger partial charge in [0, 0.05) is 80.2 Å². The maximum absolute atomic E-state index is 14.7. The standard InChI is InChI=1S/C34H34N6O4/c1-33(2,3)44-32(43)39-20-26-27(21-39)30(26)40-29(16-28(41)25-6-4-24(19-35)5-7-25)38-34(31(40)42,17-22-8-12-36-13-9-22)18-23-10-14-37-15-11-23/h4-16,26-27,30,38H,17-18,20-21H2,1-3H3/b29-16+/t26-,27+,30+. The normalized spacial score (nSPS) is 22.7. The Labute approximate surface area is 256 Å². The van der Waals surface area contributed by atoms with Crippen LogP contribution in [0.15, 0.2) is 85.2 Å². The number of carbonyl (C=O) groups excluding carboxylic acids is 3. The lowest BCUT2D eigenvalue weighted by Gasteiger charge is -2.29. The Kier molecular flexibility index (Phi) is 7.41. The van der Waals surface area contributed by atoms with E-state index in [4.69, 9.17) is 4.74 Å². The summed E-state index contributed by atoms with van der Waals surface area (Å²) in [7, 11) is 0. The zero-order valence-electron chi connectivity index (χ0n) is 24.9. The predicted molar refractivity (Wildman–Crippen MR) is 161 cm³/mol. The molecule has 2 saturated heterocycles. The SMILES string of the molecule is CC(C)(C)OC(=O)N1C[C@@H]2[C@H](C1)[C@H]2N1C(=O)C(Cc2ccncc2)(Cc2ccncc2)N/C1=C\C(=O)c1ccc(C#N)cc1. The van der Waals surface area contributed by atoms with Crippen LogP contribution in [0.1, 0.15) is 47.8 Å². The summed E-state index contributed by atoms with van der Waals surface area (Å²) in [6.45, 7) is 6.48. The van der Waals surface area contributed by atoms with Crippen molar-refractivity contribution in [2.24, 2.45) is 11.8 Å². The molecule has 3 aromatic rings. The summed E-state index contributed by atoms with van der Waals surface area (Å²) in [4.78, 5) is 52.7. The molecular weight excluding hydrogens is 556 g/mol. The van der Waals surface area contributed by atoms with Gasteiger partial charge >= 0.3 is 6.09 Å². The lowest BCUT2D eigenvalue weighted by molar-refractivity contribution is -0.132. The van der Waals surface area contributed by atoms with Gasteiger partial charge in [-0.15, -0.1) is 0 Å². The smallest absolute Gasteiger partial charge is 0.410 e. The minimum atomic E-state index is -1.07. The average Bonchev–Trinajstić information content (AvgIpc) is 3.33. The van der Waals surface area contributed by atoms with Crippen LogP contribution in [-0.4, -0.2) is 67.8 Å². The molecule has 0 radical (unpaired) electrons.